The zero-order valence-corrected chi connectivity index (χ0v) is 11.5. The summed E-state index contributed by atoms with van der Waals surface area (Å²) in [5.74, 6) is 0.310. The van der Waals surface area contributed by atoms with Gasteiger partial charge in [0.25, 0.3) is 0 Å². The Balaban J connectivity index is 2.50. The first-order valence-corrected chi connectivity index (χ1v) is 7.04. The molecule has 0 aromatic heterocycles. The largest absolute Gasteiger partial charge is 0.343 e. The van der Waals surface area contributed by atoms with E-state index in [1.807, 2.05) is 18.7 Å². The molecule has 0 aliphatic heterocycles. The van der Waals surface area contributed by atoms with Gasteiger partial charge in [-0.3, -0.25) is 4.79 Å². The minimum absolute atomic E-state index is 0.0666. The molecule has 2 nitrogen and oxygen atoms in total. The van der Waals surface area contributed by atoms with Crippen LogP contribution in [-0.4, -0.2) is 29.6 Å². The lowest BCUT2D eigenvalue weighted by Crippen LogP contribution is -2.40. The molecule has 0 heterocycles. The lowest BCUT2D eigenvalue weighted by Gasteiger charge is -2.34. The van der Waals surface area contributed by atoms with Gasteiger partial charge in [-0.2, -0.15) is 0 Å². The summed E-state index contributed by atoms with van der Waals surface area (Å²) in [6.45, 7) is 7.61. The maximum absolute atomic E-state index is 14.0. The third kappa shape index (κ3) is 3.68. The first kappa shape index (κ1) is 14.5. The molecule has 1 rings (SSSR count). The number of hydrogen-bond acceptors (Lipinski definition) is 1. The summed E-state index contributed by atoms with van der Waals surface area (Å²) < 4.78 is 14.0. The summed E-state index contributed by atoms with van der Waals surface area (Å²) in [4.78, 5) is 14.1. The Morgan fingerprint density at radius 3 is 2.29 bits per heavy atom. The van der Waals surface area contributed by atoms with Gasteiger partial charge in [-0.25, -0.2) is 4.39 Å². The first-order chi connectivity index (χ1) is 8.06. The number of carbonyl (C=O) groups excluding carboxylic acids is 1. The monoisotopic (exact) mass is 243 g/mol. The molecule has 0 radical (unpaired) electrons. The highest BCUT2D eigenvalue weighted by Gasteiger charge is 2.36. The highest BCUT2D eigenvalue weighted by molar-refractivity contribution is 5.78. The van der Waals surface area contributed by atoms with Crippen LogP contribution in [0.25, 0.3) is 0 Å². The van der Waals surface area contributed by atoms with Gasteiger partial charge in [-0.05, 0) is 45.4 Å². The van der Waals surface area contributed by atoms with Crippen LogP contribution in [0.3, 0.4) is 0 Å². The van der Waals surface area contributed by atoms with Crippen LogP contribution in [0, 0.1) is 5.92 Å². The molecule has 0 N–H and O–H groups in total. The molecule has 0 bridgehead atoms. The van der Waals surface area contributed by atoms with Crippen molar-refractivity contribution in [2.75, 3.05) is 13.1 Å². The minimum Gasteiger partial charge on any atom is -0.343 e. The SMILES string of the molecule is CCCN(CC)C(=O)C1CCC(F)(CC)CC1. The average molecular weight is 243 g/mol. The van der Waals surface area contributed by atoms with Gasteiger partial charge in [0.05, 0.1) is 0 Å². The maximum atomic E-state index is 14.0. The molecule has 17 heavy (non-hydrogen) atoms. The van der Waals surface area contributed by atoms with E-state index in [0.29, 0.717) is 19.3 Å². The number of rotatable bonds is 5. The van der Waals surface area contributed by atoms with Gasteiger partial charge in [0.1, 0.15) is 5.67 Å². The smallest absolute Gasteiger partial charge is 0.225 e. The normalized spacial score (nSPS) is 29.1. The summed E-state index contributed by atoms with van der Waals surface area (Å²) in [5.41, 5.74) is -1.00. The molecule has 1 saturated carbocycles. The van der Waals surface area contributed by atoms with E-state index in [-0.39, 0.29) is 11.8 Å². The fourth-order valence-corrected chi connectivity index (χ4v) is 2.69. The molecule has 3 heteroatoms. The van der Waals surface area contributed by atoms with Gasteiger partial charge >= 0.3 is 0 Å². The molecule has 0 aromatic carbocycles. The van der Waals surface area contributed by atoms with Gasteiger partial charge in [0, 0.05) is 19.0 Å². The molecule has 100 valence electrons. The van der Waals surface area contributed by atoms with E-state index in [9.17, 15) is 9.18 Å². The molecule has 0 unspecified atom stereocenters. The van der Waals surface area contributed by atoms with Crippen molar-refractivity contribution in [2.24, 2.45) is 5.92 Å². The molecule has 0 aromatic rings. The summed E-state index contributed by atoms with van der Waals surface area (Å²) in [7, 11) is 0. The van der Waals surface area contributed by atoms with E-state index >= 15 is 0 Å². The Kier molecular flexibility index (Phi) is 5.41. The van der Waals surface area contributed by atoms with E-state index < -0.39 is 5.67 Å². The molecule has 1 aliphatic rings. The zero-order valence-electron chi connectivity index (χ0n) is 11.5. The van der Waals surface area contributed by atoms with Gasteiger partial charge < -0.3 is 4.90 Å². The fourth-order valence-electron chi connectivity index (χ4n) is 2.69. The molecule has 0 atom stereocenters. The standard InChI is InChI=1S/C14H26FNO/c1-4-11-16(6-3)13(17)12-7-9-14(15,5-2)10-8-12/h12H,4-11H2,1-3H3. The highest BCUT2D eigenvalue weighted by Crippen LogP contribution is 2.37. The van der Waals surface area contributed by atoms with Crippen LogP contribution in [0.1, 0.15) is 59.3 Å². The third-order valence-electron chi connectivity index (χ3n) is 4.05. The minimum atomic E-state index is -1.00. The van der Waals surface area contributed by atoms with E-state index in [1.165, 1.54) is 0 Å². The zero-order chi connectivity index (χ0) is 12.9. The Labute approximate surface area is 105 Å². The van der Waals surface area contributed by atoms with Crippen LogP contribution in [0.5, 0.6) is 0 Å². The van der Waals surface area contributed by atoms with E-state index in [2.05, 4.69) is 6.92 Å². The lowest BCUT2D eigenvalue weighted by molar-refractivity contribution is -0.137. The predicted molar refractivity (Wildman–Crippen MR) is 68.6 cm³/mol. The summed E-state index contributed by atoms with van der Waals surface area (Å²) >= 11 is 0. The van der Waals surface area contributed by atoms with Crippen molar-refractivity contribution in [3.63, 3.8) is 0 Å². The predicted octanol–water partition coefficient (Wildman–Crippen LogP) is 3.55. The number of halogens is 1. The van der Waals surface area contributed by atoms with Crippen LogP contribution in [0.4, 0.5) is 4.39 Å². The second-order valence-electron chi connectivity index (χ2n) is 5.20. The highest BCUT2D eigenvalue weighted by atomic mass is 19.1. The Bertz CT molecular complexity index is 247. The number of nitrogens with zero attached hydrogens (tertiary/aromatic N) is 1. The molecular weight excluding hydrogens is 217 g/mol. The Morgan fingerprint density at radius 2 is 1.88 bits per heavy atom. The molecule has 0 saturated heterocycles. The van der Waals surface area contributed by atoms with E-state index in [0.717, 1.165) is 32.4 Å². The number of carbonyl (C=O) groups is 1. The second-order valence-corrected chi connectivity index (χ2v) is 5.20. The van der Waals surface area contributed by atoms with Crippen molar-refractivity contribution >= 4 is 5.91 Å². The van der Waals surface area contributed by atoms with Gasteiger partial charge in [-0.15, -0.1) is 0 Å². The molecule has 0 spiro atoms. The van der Waals surface area contributed by atoms with Gasteiger partial charge in [0.2, 0.25) is 5.91 Å². The summed E-state index contributed by atoms with van der Waals surface area (Å²) in [6, 6.07) is 0. The Hall–Kier alpha value is -0.600. The van der Waals surface area contributed by atoms with E-state index in [4.69, 9.17) is 0 Å². The van der Waals surface area contributed by atoms with Crippen LogP contribution in [-0.2, 0) is 4.79 Å². The fraction of sp³-hybridized carbons (Fsp3) is 0.929. The molecule has 1 amide bonds. The number of alkyl halides is 1. The van der Waals surface area contributed by atoms with Crippen LogP contribution < -0.4 is 0 Å². The van der Waals surface area contributed by atoms with Crippen molar-refractivity contribution in [2.45, 2.75) is 65.0 Å². The topological polar surface area (TPSA) is 20.3 Å². The quantitative estimate of drug-likeness (QED) is 0.723. The van der Waals surface area contributed by atoms with Crippen molar-refractivity contribution in [1.29, 1.82) is 0 Å². The van der Waals surface area contributed by atoms with E-state index in [1.54, 1.807) is 0 Å². The lowest BCUT2D eigenvalue weighted by atomic mass is 9.78. The average Bonchev–Trinajstić information content (AvgIpc) is 2.36. The van der Waals surface area contributed by atoms with Crippen LogP contribution in [0.15, 0.2) is 0 Å². The van der Waals surface area contributed by atoms with Crippen molar-refractivity contribution < 1.29 is 9.18 Å². The Morgan fingerprint density at radius 1 is 1.29 bits per heavy atom. The summed E-state index contributed by atoms with van der Waals surface area (Å²) in [5, 5.41) is 0. The number of hydrogen-bond donors (Lipinski definition) is 0. The first-order valence-electron chi connectivity index (χ1n) is 7.04. The summed E-state index contributed by atoms with van der Waals surface area (Å²) in [6.07, 6.45) is 4.15. The second kappa shape index (κ2) is 6.36. The van der Waals surface area contributed by atoms with Crippen LogP contribution >= 0.6 is 0 Å². The molecule has 1 aliphatic carbocycles. The molecule has 1 fully saturated rings. The van der Waals surface area contributed by atoms with Crippen molar-refractivity contribution in [1.82, 2.24) is 4.90 Å². The van der Waals surface area contributed by atoms with Crippen molar-refractivity contribution in [3.8, 4) is 0 Å². The van der Waals surface area contributed by atoms with Gasteiger partial charge in [-0.1, -0.05) is 13.8 Å². The van der Waals surface area contributed by atoms with Gasteiger partial charge in [0.15, 0.2) is 0 Å². The van der Waals surface area contributed by atoms with Crippen LogP contribution in [0.2, 0.25) is 0 Å². The number of amides is 1. The molecular formula is C14H26FNO. The maximum Gasteiger partial charge on any atom is 0.225 e. The van der Waals surface area contributed by atoms with Crippen molar-refractivity contribution in [3.05, 3.63) is 0 Å². The third-order valence-corrected chi connectivity index (χ3v) is 4.05.